The second kappa shape index (κ2) is 4.00. The normalized spacial score (nSPS) is 14.3. The van der Waals surface area contributed by atoms with Crippen LogP contribution in [0.3, 0.4) is 0 Å². The number of carbonyl (C=O) groups excluding carboxylic acids is 1. The summed E-state index contributed by atoms with van der Waals surface area (Å²) < 4.78 is 0. The molecule has 3 heteroatoms. The van der Waals surface area contributed by atoms with Crippen LogP contribution in [-0.2, 0) is 0 Å². The van der Waals surface area contributed by atoms with Crippen molar-refractivity contribution in [3.05, 3.63) is 0 Å². The van der Waals surface area contributed by atoms with Crippen molar-refractivity contribution >= 4 is 17.0 Å². The van der Waals surface area contributed by atoms with Gasteiger partial charge >= 0.3 is 0 Å². The lowest BCUT2D eigenvalue weighted by molar-refractivity contribution is 0.242. The molecule has 1 unspecified atom stereocenters. The van der Waals surface area contributed by atoms with Gasteiger partial charge in [0.1, 0.15) is 0 Å². The minimum Gasteiger partial charge on any atom is -0.344 e. The van der Waals surface area contributed by atoms with Crippen molar-refractivity contribution in [2.75, 3.05) is 6.26 Å². The van der Waals surface area contributed by atoms with Crippen molar-refractivity contribution in [2.24, 2.45) is 5.41 Å². The van der Waals surface area contributed by atoms with Crippen LogP contribution in [0.15, 0.2) is 0 Å². The fourth-order valence-electron chi connectivity index (χ4n) is 0.452. The molecule has 0 aromatic rings. The van der Waals surface area contributed by atoms with E-state index in [0.717, 1.165) is 0 Å². The number of amides is 1. The fraction of sp³-hybridized carbons (Fsp3) is 0.875. The molecule has 0 aromatic heterocycles. The van der Waals surface area contributed by atoms with Gasteiger partial charge in [-0.1, -0.05) is 32.5 Å². The first-order chi connectivity index (χ1) is 4.88. The Hall–Kier alpha value is -0.180. The lowest BCUT2D eigenvalue weighted by atomic mass is 9.88. The van der Waals surface area contributed by atoms with E-state index < -0.39 is 0 Å². The van der Waals surface area contributed by atoms with Crippen LogP contribution in [0.2, 0.25) is 0 Å². The zero-order valence-corrected chi connectivity index (χ0v) is 8.71. The number of thioether (sulfide) groups is 1. The maximum Gasteiger partial charge on any atom is 0.279 e. The molecule has 11 heavy (non-hydrogen) atoms. The van der Waals surface area contributed by atoms with Crippen molar-refractivity contribution in [1.29, 1.82) is 0 Å². The van der Waals surface area contributed by atoms with Gasteiger partial charge in [0.2, 0.25) is 0 Å². The van der Waals surface area contributed by atoms with E-state index in [1.54, 1.807) is 6.26 Å². The van der Waals surface area contributed by atoms with E-state index in [0.29, 0.717) is 0 Å². The summed E-state index contributed by atoms with van der Waals surface area (Å²) in [5, 5.41) is 2.94. The Morgan fingerprint density at radius 1 is 1.45 bits per heavy atom. The highest BCUT2D eigenvalue weighted by Crippen LogP contribution is 2.18. The molecule has 2 nitrogen and oxygen atoms in total. The largest absolute Gasteiger partial charge is 0.344 e. The first-order valence-electron chi connectivity index (χ1n) is 3.72. The molecule has 0 spiro atoms. The Morgan fingerprint density at radius 3 is 2.18 bits per heavy atom. The van der Waals surface area contributed by atoms with Gasteiger partial charge in [-0.05, 0) is 18.6 Å². The topological polar surface area (TPSA) is 29.1 Å². The standard InChI is InChI=1S/C8H17NOS/c1-6(8(2,3)4)9-7(10)11-5/h6H,1-5H3,(H,9,10). The Labute approximate surface area is 73.1 Å². The molecule has 0 saturated carbocycles. The highest BCUT2D eigenvalue weighted by atomic mass is 32.2. The predicted molar refractivity (Wildman–Crippen MR) is 51.0 cm³/mol. The maximum absolute atomic E-state index is 10.9. The van der Waals surface area contributed by atoms with E-state index in [4.69, 9.17) is 0 Å². The first kappa shape index (κ1) is 10.8. The number of carbonyl (C=O) groups is 1. The zero-order chi connectivity index (χ0) is 9.07. The average molecular weight is 175 g/mol. The van der Waals surface area contributed by atoms with E-state index in [9.17, 15) is 4.79 Å². The van der Waals surface area contributed by atoms with Gasteiger partial charge in [0.25, 0.3) is 5.24 Å². The Morgan fingerprint density at radius 2 is 1.91 bits per heavy atom. The molecule has 0 bridgehead atoms. The second-order valence-corrected chi connectivity index (χ2v) is 4.50. The molecule has 1 N–H and O–H groups in total. The third kappa shape index (κ3) is 4.30. The van der Waals surface area contributed by atoms with E-state index in [2.05, 4.69) is 26.1 Å². The number of hydrogen-bond donors (Lipinski definition) is 1. The number of rotatable bonds is 1. The Kier molecular flexibility index (Phi) is 3.93. The molecule has 0 aromatic carbocycles. The van der Waals surface area contributed by atoms with Gasteiger partial charge in [-0.15, -0.1) is 0 Å². The molecular formula is C8H17NOS. The highest BCUT2D eigenvalue weighted by molar-refractivity contribution is 8.12. The van der Waals surface area contributed by atoms with Crippen LogP contribution < -0.4 is 5.32 Å². The van der Waals surface area contributed by atoms with Gasteiger partial charge in [0, 0.05) is 6.04 Å². The summed E-state index contributed by atoms with van der Waals surface area (Å²) in [5.41, 5.74) is 0.144. The van der Waals surface area contributed by atoms with E-state index in [-0.39, 0.29) is 16.7 Å². The van der Waals surface area contributed by atoms with Gasteiger partial charge in [-0.3, -0.25) is 4.79 Å². The summed E-state index contributed by atoms with van der Waals surface area (Å²) in [6, 6.07) is 0.224. The number of hydrogen-bond acceptors (Lipinski definition) is 2. The molecule has 0 aliphatic rings. The van der Waals surface area contributed by atoms with Crippen molar-refractivity contribution in [3.8, 4) is 0 Å². The molecule has 0 radical (unpaired) electrons. The smallest absolute Gasteiger partial charge is 0.279 e. The minimum absolute atomic E-state index is 0.0485. The molecule has 66 valence electrons. The van der Waals surface area contributed by atoms with Crippen molar-refractivity contribution in [3.63, 3.8) is 0 Å². The summed E-state index contributed by atoms with van der Waals surface area (Å²) in [5.74, 6) is 0. The Balaban J connectivity index is 3.87. The molecule has 1 amide bonds. The summed E-state index contributed by atoms with van der Waals surface area (Å²) in [7, 11) is 0. The molecule has 1 atom stereocenters. The van der Waals surface area contributed by atoms with Gasteiger partial charge in [-0.2, -0.15) is 0 Å². The van der Waals surface area contributed by atoms with Crippen LogP contribution in [0.25, 0.3) is 0 Å². The molecule has 0 saturated heterocycles. The third-order valence-electron chi connectivity index (χ3n) is 1.82. The van der Waals surface area contributed by atoms with Crippen molar-refractivity contribution in [2.45, 2.75) is 33.7 Å². The van der Waals surface area contributed by atoms with Crippen LogP contribution in [0, 0.1) is 5.41 Å². The van der Waals surface area contributed by atoms with Crippen LogP contribution in [0.5, 0.6) is 0 Å². The van der Waals surface area contributed by atoms with Crippen LogP contribution in [0.1, 0.15) is 27.7 Å². The van der Waals surface area contributed by atoms with E-state index >= 15 is 0 Å². The van der Waals surface area contributed by atoms with Crippen molar-refractivity contribution < 1.29 is 4.79 Å². The summed E-state index contributed by atoms with van der Waals surface area (Å²) in [4.78, 5) is 10.9. The molecule has 0 rings (SSSR count). The SMILES string of the molecule is CSC(=O)NC(C)C(C)(C)C. The highest BCUT2D eigenvalue weighted by Gasteiger charge is 2.20. The lowest BCUT2D eigenvalue weighted by Gasteiger charge is -2.27. The second-order valence-electron chi connectivity index (χ2n) is 3.72. The first-order valence-corrected chi connectivity index (χ1v) is 4.95. The molecule has 0 aliphatic heterocycles. The minimum atomic E-state index is 0.0485. The molecule has 0 fully saturated rings. The van der Waals surface area contributed by atoms with Crippen molar-refractivity contribution in [1.82, 2.24) is 5.32 Å². The molecule has 0 heterocycles. The van der Waals surface area contributed by atoms with Crippen LogP contribution in [-0.4, -0.2) is 17.5 Å². The summed E-state index contributed by atoms with van der Waals surface area (Å²) >= 11 is 1.22. The maximum atomic E-state index is 10.9. The van der Waals surface area contributed by atoms with Gasteiger partial charge < -0.3 is 5.32 Å². The van der Waals surface area contributed by atoms with Gasteiger partial charge in [0.05, 0.1) is 0 Å². The molecular weight excluding hydrogens is 158 g/mol. The Bertz CT molecular complexity index is 140. The number of nitrogens with one attached hydrogen (secondary N) is 1. The lowest BCUT2D eigenvalue weighted by Crippen LogP contribution is -2.39. The van der Waals surface area contributed by atoms with Crippen LogP contribution >= 0.6 is 11.8 Å². The summed E-state index contributed by atoms with van der Waals surface area (Å²) in [6.45, 7) is 8.35. The van der Waals surface area contributed by atoms with E-state index in [1.165, 1.54) is 11.8 Å². The quantitative estimate of drug-likeness (QED) is 0.663. The van der Waals surface area contributed by atoms with Crippen LogP contribution in [0.4, 0.5) is 4.79 Å². The molecule has 0 aliphatic carbocycles. The summed E-state index contributed by atoms with van der Waals surface area (Å²) in [6.07, 6.45) is 1.78. The predicted octanol–water partition coefficient (Wildman–Crippen LogP) is 2.49. The van der Waals surface area contributed by atoms with Gasteiger partial charge in [-0.25, -0.2) is 0 Å². The fourth-order valence-corrected chi connectivity index (χ4v) is 0.747. The van der Waals surface area contributed by atoms with Gasteiger partial charge in [0.15, 0.2) is 0 Å². The van der Waals surface area contributed by atoms with E-state index in [1.807, 2.05) is 6.92 Å². The third-order valence-corrected chi connectivity index (χ3v) is 2.31. The zero-order valence-electron chi connectivity index (χ0n) is 7.89. The monoisotopic (exact) mass is 175 g/mol. The average Bonchev–Trinajstić information content (AvgIpc) is 1.85.